The lowest BCUT2D eigenvalue weighted by molar-refractivity contribution is 0.0697. The number of amides is 1. The summed E-state index contributed by atoms with van der Waals surface area (Å²) in [6.45, 7) is 0. The van der Waals surface area contributed by atoms with Crippen molar-refractivity contribution in [3.8, 4) is 0 Å². The number of benzene rings is 1. The van der Waals surface area contributed by atoms with Crippen LogP contribution in [0.5, 0.6) is 0 Å². The van der Waals surface area contributed by atoms with E-state index in [0.717, 1.165) is 12.8 Å². The summed E-state index contributed by atoms with van der Waals surface area (Å²) in [7, 11) is 0. The minimum atomic E-state index is -1.11. The highest BCUT2D eigenvalue weighted by molar-refractivity contribution is 6.33. The molecule has 0 saturated heterocycles. The van der Waals surface area contributed by atoms with Gasteiger partial charge < -0.3 is 10.4 Å². The Morgan fingerprint density at radius 1 is 1.26 bits per heavy atom. The summed E-state index contributed by atoms with van der Waals surface area (Å²) >= 11 is 5.89. The van der Waals surface area contributed by atoms with Gasteiger partial charge in [-0.3, -0.25) is 9.48 Å². The molecule has 2 aromatic rings. The molecule has 0 bridgehead atoms. The second-order valence-corrected chi connectivity index (χ2v) is 5.98. The van der Waals surface area contributed by atoms with Crippen LogP contribution in [0.15, 0.2) is 30.5 Å². The van der Waals surface area contributed by atoms with Gasteiger partial charge in [0.25, 0.3) is 5.91 Å². The van der Waals surface area contributed by atoms with Crippen LogP contribution in [0.2, 0.25) is 5.02 Å². The number of hydrogen-bond acceptors (Lipinski definition) is 3. The van der Waals surface area contributed by atoms with E-state index in [1.54, 1.807) is 6.07 Å². The zero-order valence-electron chi connectivity index (χ0n) is 12.3. The van der Waals surface area contributed by atoms with Crippen molar-refractivity contribution in [3.05, 3.63) is 46.7 Å². The van der Waals surface area contributed by atoms with Gasteiger partial charge in [-0.2, -0.15) is 5.10 Å². The van der Waals surface area contributed by atoms with E-state index in [0.29, 0.717) is 17.4 Å². The molecule has 3 rings (SSSR count). The Morgan fingerprint density at radius 3 is 2.65 bits per heavy atom. The Labute approximate surface area is 138 Å². The van der Waals surface area contributed by atoms with Gasteiger partial charge in [0, 0.05) is 11.9 Å². The molecule has 2 N–H and O–H groups in total. The molecule has 1 aromatic heterocycles. The van der Waals surface area contributed by atoms with Crippen molar-refractivity contribution in [3.63, 3.8) is 0 Å². The number of hydrogen-bond donors (Lipinski definition) is 2. The first-order chi connectivity index (χ1) is 11.0. The first-order valence-corrected chi connectivity index (χ1v) is 7.82. The molecular weight excluding hydrogens is 318 g/mol. The molecule has 0 radical (unpaired) electrons. The predicted octanol–water partition coefficient (Wildman–Crippen LogP) is 3.60. The molecule has 1 amide bonds. The molecular formula is C16H16ClN3O3. The maximum atomic E-state index is 12.2. The van der Waals surface area contributed by atoms with E-state index in [4.69, 9.17) is 16.7 Å². The first-order valence-electron chi connectivity index (χ1n) is 7.44. The van der Waals surface area contributed by atoms with Crippen LogP contribution in [-0.2, 0) is 0 Å². The standard InChI is InChI=1S/C16H16ClN3O3/c17-13-9-10(5-6-12(13)16(22)23)18-15(21)14-7-8-20(19-14)11-3-1-2-4-11/h5-9,11H,1-4H2,(H,18,21)(H,22,23). The number of aromatic carboxylic acids is 1. The first kappa shape index (κ1) is 15.6. The average molecular weight is 334 g/mol. The SMILES string of the molecule is O=C(Nc1ccc(C(=O)O)c(Cl)c1)c1ccn(C2CCCC2)n1. The van der Waals surface area contributed by atoms with Crippen molar-refractivity contribution in [2.45, 2.75) is 31.7 Å². The van der Waals surface area contributed by atoms with Gasteiger partial charge in [-0.05, 0) is 37.1 Å². The molecule has 6 nitrogen and oxygen atoms in total. The lowest BCUT2D eigenvalue weighted by Crippen LogP contribution is -2.14. The maximum absolute atomic E-state index is 12.2. The number of carbonyl (C=O) groups is 2. The van der Waals surface area contributed by atoms with Crippen LogP contribution in [0.1, 0.15) is 52.6 Å². The van der Waals surface area contributed by atoms with E-state index in [1.807, 2.05) is 10.9 Å². The second-order valence-electron chi connectivity index (χ2n) is 5.57. The van der Waals surface area contributed by atoms with Crippen LogP contribution in [0, 0.1) is 0 Å². The normalized spacial score (nSPS) is 14.8. The maximum Gasteiger partial charge on any atom is 0.337 e. The van der Waals surface area contributed by atoms with Gasteiger partial charge in [0.05, 0.1) is 16.6 Å². The number of anilines is 1. The fourth-order valence-electron chi connectivity index (χ4n) is 2.79. The molecule has 1 aromatic carbocycles. The lowest BCUT2D eigenvalue weighted by atomic mass is 10.2. The van der Waals surface area contributed by atoms with Crippen molar-refractivity contribution < 1.29 is 14.7 Å². The minimum absolute atomic E-state index is 0.00447. The largest absolute Gasteiger partial charge is 0.478 e. The Hall–Kier alpha value is -2.34. The Morgan fingerprint density at radius 2 is 2.00 bits per heavy atom. The van der Waals surface area contributed by atoms with Crippen molar-refractivity contribution in [2.24, 2.45) is 0 Å². The zero-order valence-corrected chi connectivity index (χ0v) is 13.1. The molecule has 1 aliphatic rings. The van der Waals surface area contributed by atoms with E-state index < -0.39 is 5.97 Å². The van der Waals surface area contributed by atoms with Gasteiger partial charge >= 0.3 is 5.97 Å². The second kappa shape index (κ2) is 6.42. The lowest BCUT2D eigenvalue weighted by Gasteiger charge is -2.09. The zero-order chi connectivity index (χ0) is 16.4. The summed E-state index contributed by atoms with van der Waals surface area (Å²) in [5.74, 6) is -1.45. The smallest absolute Gasteiger partial charge is 0.337 e. The highest BCUT2D eigenvalue weighted by Crippen LogP contribution is 2.28. The van der Waals surface area contributed by atoms with Crippen LogP contribution in [0.3, 0.4) is 0 Å². The van der Waals surface area contributed by atoms with Crippen molar-refractivity contribution in [1.82, 2.24) is 9.78 Å². The molecule has 0 spiro atoms. The van der Waals surface area contributed by atoms with Crippen LogP contribution in [-0.4, -0.2) is 26.8 Å². The number of carboxylic acid groups (broad SMARTS) is 1. The Balaban J connectivity index is 1.71. The molecule has 1 heterocycles. The van der Waals surface area contributed by atoms with Gasteiger partial charge in [-0.1, -0.05) is 24.4 Å². The molecule has 7 heteroatoms. The van der Waals surface area contributed by atoms with E-state index in [1.165, 1.54) is 31.0 Å². The number of aromatic nitrogens is 2. The Bertz CT molecular complexity index is 751. The third-order valence-corrected chi connectivity index (χ3v) is 4.31. The number of halogens is 1. The molecule has 120 valence electrons. The molecule has 0 unspecified atom stereocenters. The van der Waals surface area contributed by atoms with E-state index in [9.17, 15) is 9.59 Å². The van der Waals surface area contributed by atoms with Crippen LogP contribution in [0.4, 0.5) is 5.69 Å². The third kappa shape index (κ3) is 3.37. The van der Waals surface area contributed by atoms with E-state index in [2.05, 4.69) is 10.4 Å². The number of carboxylic acids is 1. The summed E-state index contributed by atoms with van der Waals surface area (Å²) < 4.78 is 1.85. The molecule has 1 aliphatic carbocycles. The highest BCUT2D eigenvalue weighted by atomic mass is 35.5. The van der Waals surface area contributed by atoms with Crippen molar-refractivity contribution in [2.75, 3.05) is 5.32 Å². The predicted molar refractivity (Wildman–Crippen MR) is 86.1 cm³/mol. The summed E-state index contributed by atoms with van der Waals surface area (Å²) in [5.41, 5.74) is 0.755. The number of rotatable bonds is 4. The topological polar surface area (TPSA) is 84.2 Å². The van der Waals surface area contributed by atoms with Crippen LogP contribution < -0.4 is 5.32 Å². The van der Waals surface area contributed by atoms with Crippen LogP contribution in [0.25, 0.3) is 0 Å². The fourth-order valence-corrected chi connectivity index (χ4v) is 3.05. The minimum Gasteiger partial charge on any atom is -0.478 e. The third-order valence-electron chi connectivity index (χ3n) is 4.00. The number of nitrogens with zero attached hydrogens (tertiary/aromatic N) is 2. The van der Waals surface area contributed by atoms with Gasteiger partial charge in [0.1, 0.15) is 0 Å². The fraction of sp³-hybridized carbons (Fsp3) is 0.312. The average Bonchev–Trinajstić information content (AvgIpc) is 3.18. The summed E-state index contributed by atoms with van der Waals surface area (Å²) in [4.78, 5) is 23.1. The van der Waals surface area contributed by atoms with Crippen molar-refractivity contribution >= 4 is 29.2 Å². The van der Waals surface area contributed by atoms with Gasteiger partial charge in [-0.15, -0.1) is 0 Å². The van der Waals surface area contributed by atoms with Gasteiger partial charge in [0.2, 0.25) is 0 Å². The Kier molecular flexibility index (Phi) is 4.34. The summed E-state index contributed by atoms with van der Waals surface area (Å²) in [6.07, 6.45) is 6.40. The van der Waals surface area contributed by atoms with Gasteiger partial charge in [0.15, 0.2) is 5.69 Å². The van der Waals surface area contributed by atoms with Crippen molar-refractivity contribution in [1.29, 1.82) is 0 Å². The number of carbonyl (C=O) groups excluding carboxylic acids is 1. The van der Waals surface area contributed by atoms with E-state index in [-0.39, 0.29) is 16.5 Å². The van der Waals surface area contributed by atoms with Crippen LogP contribution >= 0.6 is 11.6 Å². The molecule has 1 fully saturated rings. The number of nitrogens with one attached hydrogen (secondary N) is 1. The summed E-state index contributed by atoms with van der Waals surface area (Å²) in [5, 5.41) is 16.0. The molecule has 0 atom stereocenters. The monoisotopic (exact) mass is 333 g/mol. The van der Waals surface area contributed by atoms with E-state index >= 15 is 0 Å². The molecule has 1 saturated carbocycles. The quantitative estimate of drug-likeness (QED) is 0.895. The highest BCUT2D eigenvalue weighted by Gasteiger charge is 2.19. The van der Waals surface area contributed by atoms with Gasteiger partial charge in [-0.25, -0.2) is 4.79 Å². The summed E-state index contributed by atoms with van der Waals surface area (Å²) in [6, 6.07) is 6.33. The molecule has 0 aliphatic heterocycles. The molecule has 23 heavy (non-hydrogen) atoms.